The highest BCUT2D eigenvalue weighted by atomic mass is 28.2. The van der Waals surface area contributed by atoms with Crippen LogP contribution in [-0.4, -0.2) is 16.6 Å². The van der Waals surface area contributed by atoms with Crippen LogP contribution >= 0.6 is 0 Å². The standard InChI is InChI=1S/C14H14OSi/c1-15-13-9-7-12(8-10-13)11-16-14-5-3-2-4-6-14/h2-10H,11H2,1H3. The number of methoxy groups -OCH3 is 1. The molecule has 0 aliphatic carbocycles. The van der Waals surface area contributed by atoms with Crippen molar-refractivity contribution in [2.45, 2.75) is 6.04 Å². The third-order valence-electron chi connectivity index (χ3n) is 2.43. The zero-order valence-corrected chi connectivity index (χ0v) is 10.3. The molecule has 0 unspecified atom stereocenters. The molecule has 0 saturated carbocycles. The van der Waals surface area contributed by atoms with E-state index in [4.69, 9.17) is 4.74 Å². The molecule has 0 fully saturated rings. The van der Waals surface area contributed by atoms with E-state index in [1.165, 1.54) is 10.8 Å². The summed E-state index contributed by atoms with van der Waals surface area (Å²) in [5, 5.41) is 1.42. The van der Waals surface area contributed by atoms with Crippen LogP contribution in [0.2, 0.25) is 0 Å². The van der Waals surface area contributed by atoms with E-state index in [0.29, 0.717) is 0 Å². The lowest BCUT2D eigenvalue weighted by molar-refractivity contribution is 0.414. The summed E-state index contributed by atoms with van der Waals surface area (Å²) in [6.45, 7) is 0. The summed E-state index contributed by atoms with van der Waals surface area (Å²) in [7, 11) is 2.53. The Kier molecular flexibility index (Phi) is 3.78. The smallest absolute Gasteiger partial charge is 0.118 e. The first-order valence-electron chi connectivity index (χ1n) is 5.30. The molecule has 0 saturated heterocycles. The highest BCUT2D eigenvalue weighted by Gasteiger charge is 1.97. The summed E-state index contributed by atoms with van der Waals surface area (Å²) >= 11 is 0. The van der Waals surface area contributed by atoms with Gasteiger partial charge in [0.25, 0.3) is 0 Å². The minimum atomic E-state index is 0.839. The number of hydrogen-bond acceptors (Lipinski definition) is 1. The van der Waals surface area contributed by atoms with Gasteiger partial charge in [-0.3, -0.25) is 0 Å². The van der Waals surface area contributed by atoms with Gasteiger partial charge in [-0.2, -0.15) is 0 Å². The van der Waals surface area contributed by atoms with Crippen LogP contribution in [-0.2, 0) is 6.04 Å². The quantitative estimate of drug-likeness (QED) is 0.726. The number of benzene rings is 2. The maximum absolute atomic E-state index is 5.13. The first-order valence-corrected chi connectivity index (χ1v) is 6.51. The highest BCUT2D eigenvalue weighted by Crippen LogP contribution is 2.11. The third-order valence-corrected chi connectivity index (χ3v) is 3.76. The fourth-order valence-corrected chi connectivity index (χ4v) is 2.58. The molecule has 2 rings (SSSR count). The summed E-state index contributed by atoms with van der Waals surface area (Å²) < 4.78 is 5.13. The lowest BCUT2D eigenvalue weighted by Gasteiger charge is -2.03. The molecule has 2 aromatic carbocycles. The second-order valence-corrected chi connectivity index (χ2v) is 4.85. The molecule has 0 heterocycles. The molecule has 16 heavy (non-hydrogen) atoms. The van der Waals surface area contributed by atoms with Gasteiger partial charge in [-0.05, 0) is 18.2 Å². The Hall–Kier alpha value is -1.54. The highest BCUT2D eigenvalue weighted by molar-refractivity contribution is 6.52. The van der Waals surface area contributed by atoms with Gasteiger partial charge < -0.3 is 4.74 Å². The van der Waals surface area contributed by atoms with Crippen LogP contribution in [0.15, 0.2) is 54.6 Å². The van der Waals surface area contributed by atoms with Gasteiger partial charge in [0, 0.05) is 0 Å². The molecule has 2 heteroatoms. The Bertz CT molecular complexity index is 422. The fourth-order valence-electron chi connectivity index (χ4n) is 1.50. The summed E-state index contributed by atoms with van der Waals surface area (Å²) in [6, 6.07) is 20.0. The Labute approximate surface area is 98.9 Å². The van der Waals surface area contributed by atoms with Crippen LogP contribution in [0.3, 0.4) is 0 Å². The molecule has 0 spiro atoms. The summed E-state index contributed by atoms with van der Waals surface area (Å²) in [5.41, 5.74) is 1.36. The Morgan fingerprint density at radius 2 is 1.62 bits per heavy atom. The number of hydrogen-bond donors (Lipinski definition) is 0. The molecule has 0 aliphatic rings. The SMILES string of the molecule is COc1ccc(C[Si]c2ccccc2)cc1. The van der Waals surface area contributed by atoms with Gasteiger partial charge >= 0.3 is 0 Å². The van der Waals surface area contributed by atoms with Crippen molar-refractivity contribution in [2.24, 2.45) is 0 Å². The second kappa shape index (κ2) is 5.52. The number of rotatable bonds is 4. The molecule has 0 aliphatic heterocycles. The molecular formula is C14H14OSi. The molecule has 0 N–H and O–H groups in total. The van der Waals surface area contributed by atoms with Gasteiger partial charge in [-0.25, -0.2) is 0 Å². The zero-order valence-electron chi connectivity index (χ0n) is 9.31. The number of ether oxygens (including phenoxy) is 1. The van der Waals surface area contributed by atoms with E-state index in [9.17, 15) is 0 Å². The minimum absolute atomic E-state index is 0.839. The summed E-state index contributed by atoms with van der Waals surface area (Å²) in [4.78, 5) is 0. The van der Waals surface area contributed by atoms with E-state index in [-0.39, 0.29) is 0 Å². The van der Waals surface area contributed by atoms with E-state index < -0.39 is 0 Å². The van der Waals surface area contributed by atoms with Crippen molar-refractivity contribution < 1.29 is 4.74 Å². The monoisotopic (exact) mass is 226 g/mol. The zero-order chi connectivity index (χ0) is 11.2. The molecule has 0 aromatic heterocycles. The first kappa shape index (κ1) is 11.0. The van der Waals surface area contributed by atoms with Gasteiger partial charge in [0.15, 0.2) is 0 Å². The third kappa shape index (κ3) is 2.97. The average molecular weight is 226 g/mol. The maximum Gasteiger partial charge on any atom is 0.118 e. The Morgan fingerprint density at radius 3 is 2.25 bits per heavy atom. The van der Waals surface area contributed by atoms with Crippen LogP contribution in [0.1, 0.15) is 5.56 Å². The average Bonchev–Trinajstić information content (AvgIpc) is 2.38. The van der Waals surface area contributed by atoms with E-state index in [0.717, 1.165) is 21.3 Å². The maximum atomic E-state index is 5.13. The molecule has 2 radical (unpaired) electrons. The van der Waals surface area contributed by atoms with Crippen LogP contribution in [0.5, 0.6) is 5.75 Å². The van der Waals surface area contributed by atoms with Crippen LogP contribution < -0.4 is 9.92 Å². The van der Waals surface area contributed by atoms with Gasteiger partial charge in [0.05, 0.1) is 16.6 Å². The first-order chi connectivity index (χ1) is 7.88. The van der Waals surface area contributed by atoms with E-state index in [2.05, 4.69) is 42.5 Å². The van der Waals surface area contributed by atoms with Crippen molar-refractivity contribution in [1.82, 2.24) is 0 Å². The van der Waals surface area contributed by atoms with Gasteiger partial charge in [-0.1, -0.05) is 53.2 Å². The van der Waals surface area contributed by atoms with E-state index in [1.807, 2.05) is 12.1 Å². The lowest BCUT2D eigenvalue weighted by Crippen LogP contribution is -2.15. The molecule has 80 valence electrons. The van der Waals surface area contributed by atoms with Crippen LogP contribution in [0.25, 0.3) is 0 Å². The van der Waals surface area contributed by atoms with Crippen molar-refractivity contribution in [3.05, 3.63) is 60.2 Å². The molecule has 0 bridgehead atoms. The normalized spacial score (nSPS) is 10.1. The van der Waals surface area contributed by atoms with Crippen molar-refractivity contribution >= 4 is 14.7 Å². The lowest BCUT2D eigenvalue weighted by atomic mass is 10.2. The van der Waals surface area contributed by atoms with Crippen molar-refractivity contribution in [2.75, 3.05) is 7.11 Å². The topological polar surface area (TPSA) is 9.23 Å². The predicted molar refractivity (Wildman–Crippen MR) is 68.5 cm³/mol. The van der Waals surface area contributed by atoms with E-state index >= 15 is 0 Å². The van der Waals surface area contributed by atoms with Crippen molar-refractivity contribution in [1.29, 1.82) is 0 Å². The van der Waals surface area contributed by atoms with Crippen molar-refractivity contribution in [3.8, 4) is 5.75 Å². The predicted octanol–water partition coefficient (Wildman–Crippen LogP) is 2.22. The van der Waals surface area contributed by atoms with Gasteiger partial charge in [0.2, 0.25) is 0 Å². The molecule has 2 aromatic rings. The van der Waals surface area contributed by atoms with Crippen LogP contribution in [0.4, 0.5) is 0 Å². The van der Waals surface area contributed by atoms with Gasteiger partial charge in [-0.15, -0.1) is 0 Å². The fraction of sp³-hybridized carbons (Fsp3) is 0.143. The van der Waals surface area contributed by atoms with Crippen LogP contribution in [0, 0.1) is 0 Å². The molecule has 0 amide bonds. The van der Waals surface area contributed by atoms with Crippen molar-refractivity contribution in [3.63, 3.8) is 0 Å². The summed E-state index contributed by atoms with van der Waals surface area (Å²) in [5.74, 6) is 0.923. The molecule has 0 atom stereocenters. The molecule has 1 nitrogen and oxygen atoms in total. The van der Waals surface area contributed by atoms with Gasteiger partial charge in [0.1, 0.15) is 5.75 Å². The van der Waals surface area contributed by atoms with E-state index in [1.54, 1.807) is 7.11 Å². The summed E-state index contributed by atoms with van der Waals surface area (Å²) in [6.07, 6.45) is 0. The Balaban J connectivity index is 1.94. The Morgan fingerprint density at radius 1 is 0.938 bits per heavy atom. The molecular weight excluding hydrogens is 212 g/mol. The largest absolute Gasteiger partial charge is 0.497 e. The second-order valence-electron chi connectivity index (χ2n) is 3.57. The minimum Gasteiger partial charge on any atom is -0.497 e.